The van der Waals surface area contributed by atoms with Gasteiger partial charge in [0.1, 0.15) is 11.6 Å². The van der Waals surface area contributed by atoms with Crippen LogP contribution in [0, 0.1) is 5.41 Å². The first-order valence-electron chi connectivity index (χ1n) is 6.48. The summed E-state index contributed by atoms with van der Waals surface area (Å²) in [6.45, 7) is 4.31. The molecule has 0 fully saturated rings. The minimum absolute atomic E-state index is 0.0758. The summed E-state index contributed by atoms with van der Waals surface area (Å²) in [6.07, 6.45) is 8.12. The predicted octanol–water partition coefficient (Wildman–Crippen LogP) is 3.83. The Labute approximate surface area is 120 Å². The van der Waals surface area contributed by atoms with E-state index >= 15 is 0 Å². The van der Waals surface area contributed by atoms with Gasteiger partial charge < -0.3 is 0 Å². The summed E-state index contributed by atoms with van der Waals surface area (Å²) in [6, 6.07) is 0. The molecule has 0 heterocycles. The summed E-state index contributed by atoms with van der Waals surface area (Å²) >= 11 is 3.17. The van der Waals surface area contributed by atoms with Crippen molar-refractivity contribution in [2.75, 3.05) is 24.0 Å². The molecule has 0 spiro atoms. The second-order valence-corrected chi connectivity index (χ2v) is 6.87. The lowest BCUT2D eigenvalue weighted by atomic mass is 9.78. The highest BCUT2D eigenvalue weighted by atomic mass is 32.2. The fourth-order valence-corrected chi connectivity index (χ4v) is 2.91. The Kier molecular flexibility index (Phi) is 9.93. The van der Waals surface area contributed by atoms with Crippen molar-refractivity contribution in [2.24, 2.45) is 5.41 Å². The molecular formula is C14H26O2S2. The van der Waals surface area contributed by atoms with Gasteiger partial charge in [0.05, 0.1) is 11.5 Å². The summed E-state index contributed by atoms with van der Waals surface area (Å²) < 4.78 is 0. The van der Waals surface area contributed by atoms with Gasteiger partial charge in [0.15, 0.2) is 0 Å². The van der Waals surface area contributed by atoms with E-state index in [2.05, 4.69) is 13.8 Å². The molecule has 106 valence electrons. The molecule has 0 rings (SSSR count). The van der Waals surface area contributed by atoms with Crippen LogP contribution in [0.1, 0.15) is 46.0 Å². The maximum absolute atomic E-state index is 11.7. The van der Waals surface area contributed by atoms with Crippen LogP contribution < -0.4 is 0 Å². The van der Waals surface area contributed by atoms with Crippen molar-refractivity contribution in [3.63, 3.8) is 0 Å². The lowest BCUT2D eigenvalue weighted by Gasteiger charge is -2.27. The number of hydrogen-bond donors (Lipinski definition) is 0. The van der Waals surface area contributed by atoms with E-state index in [1.807, 2.05) is 12.5 Å². The van der Waals surface area contributed by atoms with Gasteiger partial charge in [-0.3, -0.25) is 9.59 Å². The normalized spacial score (nSPS) is 14.2. The maximum atomic E-state index is 11.7. The molecule has 0 aromatic heterocycles. The molecule has 1 atom stereocenters. The largest absolute Gasteiger partial charge is 0.299 e. The van der Waals surface area contributed by atoms with Crippen LogP contribution in [0.25, 0.3) is 0 Å². The zero-order chi connectivity index (χ0) is 14.0. The highest BCUT2D eigenvalue weighted by Crippen LogP contribution is 2.32. The number of carbonyl (C=O) groups is 2. The zero-order valence-corrected chi connectivity index (χ0v) is 13.7. The van der Waals surface area contributed by atoms with Crippen molar-refractivity contribution in [1.82, 2.24) is 0 Å². The second-order valence-electron chi connectivity index (χ2n) is 5.14. The first-order valence-corrected chi connectivity index (χ1v) is 9.27. The van der Waals surface area contributed by atoms with Gasteiger partial charge in [0.2, 0.25) is 0 Å². The van der Waals surface area contributed by atoms with E-state index < -0.39 is 0 Å². The Morgan fingerprint density at radius 1 is 1.06 bits per heavy atom. The molecule has 18 heavy (non-hydrogen) atoms. The van der Waals surface area contributed by atoms with Crippen LogP contribution in [-0.2, 0) is 9.59 Å². The Morgan fingerprint density at radius 2 is 1.61 bits per heavy atom. The molecular weight excluding hydrogens is 264 g/mol. The second kappa shape index (κ2) is 9.90. The first kappa shape index (κ1) is 18.0. The topological polar surface area (TPSA) is 34.1 Å². The van der Waals surface area contributed by atoms with Crippen molar-refractivity contribution in [3.05, 3.63) is 0 Å². The van der Waals surface area contributed by atoms with E-state index in [-0.39, 0.29) is 5.41 Å². The molecule has 0 saturated carbocycles. The highest BCUT2D eigenvalue weighted by Gasteiger charge is 2.25. The molecule has 0 aliphatic carbocycles. The third-order valence-corrected chi connectivity index (χ3v) is 4.55. The van der Waals surface area contributed by atoms with Gasteiger partial charge in [0, 0.05) is 12.8 Å². The van der Waals surface area contributed by atoms with Crippen molar-refractivity contribution in [1.29, 1.82) is 0 Å². The number of thioether (sulfide) groups is 2. The van der Waals surface area contributed by atoms with Crippen LogP contribution in [0.15, 0.2) is 0 Å². The van der Waals surface area contributed by atoms with E-state index in [0.717, 1.165) is 19.3 Å². The van der Waals surface area contributed by atoms with Gasteiger partial charge >= 0.3 is 0 Å². The number of rotatable bonds is 11. The predicted molar refractivity (Wildman–Crippen MR) is 83.6 cm³/mol. The van der Waals surface area contributed by atoms with Gasteiger partial charge in [-0.2, -0.15) is 23.5 Å². The molecule has 0 radical (unpaired) electrons. The van der Waals surface area contributed by atoms with Crippen LogP contribution in [0.2, 0.25) is 0 Å². The van der Waals surface area contributed by atoms with Crippen LogP contribution in [0.5, 0.6) is 0 Å². The van der Waals surface area contributed by atoms with Crippen LogP contribution >= 0.6 is 23.5 Å². The van der Waals surface area contributed by atoms with Gasteiger partial charge in [-0.05, 0) is 30.8 Å². The fraction of sp³-hybridized carbons (Fsp3) is 0.857. The molecule has 0 amide bonds. The summed E-state index contributed by atoms with van der Waals surface area (Å²) in [5.41, 5.74) is 0.0758. The monoisotopic (exact) mass is 290 g/mol. The smallest absolute Gasteiger partial charge is 0.143 e. The highest BCUT2D eigenvalue weighted by molar-refractivity contribution is 7.99. The molecule has 0 aromatic rings. The van der Waals surface area contributed by atoms with Crippen LogP contribution in [0.3, 0.4) is 0 Å². The van der Waals surface area contributed by atoms with Crippen molar-refractivity contribution in [3.8, 4) is 0 Å². The molecule has 0 aliphatic heterocycles. The maximum Gasteiger partial charge on any atom is 0.143 e. The molecule has 1 unspecified atom stereocenters. The molecule has 0 saturated heterocycles. The van der Waals surface area contributed by atoms with Gasteiger partial charge in [0.25, 0.3) is 0 Å². The van der Waals surface area contributed by atoms with Crippen molar-refractivity contribution in [2.45, 2.75) is 46.0 Å². The SMILES string of the molecule is CCC(C)(CCCC(=O)CSC)CC(=O)CSC. The molecule has 2 nitrogen and oxygen atoms in total. The minimum Gasteiger partial charge on any atom is -0.299 e. The van der Waals surface area contributed by atoms with E-state index in [0.29, 0.717) is 35.9 Å². The summed E-state index contributed by atoms with van der Waals surface area (Å²) in [5, 5.41) is 0. The number of hydrogen-bond acceptors (Lipinski definition) is 4. The molecule has 0 bridgehead atoms. The zero-order valence-electron chi connectivity index (χ0n) is 12.1. The lowest BCUT2D eigenvalue weighted by Crippen LogP contribution is -2.21. The molecule has 0 aliphatic rings. The first-order chi connectivity index (χ1) is 8.47. The summed E-state index contributed by atoms with van der Waals surface area (Å²) in [4.78, 5) is 23.2. The third-order valence-electron chi connectivity index (χ3n) is 3.32. The summed E-state index contributed by atoms with van der Waals surface area (Å²) in [5.74, 6) is 1.90. The third kappa shape index (κ3) is 8.20. The van der Waals surface area contributed by atoms with Crippen molar-refractivity contribution < 1.29 is 9.59 Å². The van der Waals surface area contributed by atoms with Crippen molar-refractivity contribution >= 4 is 35.1 Å². The van der Waals surface area contributed by atoms with Gasteiger partial charge in [-0.1, -0.05) is 20.3 Å². The van der Waals surface area contributed by atoms with E-state index in [9.17, 15) is 9.59 Å². The van der Waals surface area contributed by atoms with E-state index in [1.165, 1.54) is 0 Å². The average Bonchev–Trinajstić information content (AvgIpc) is 2.29. The quantitative estimate of drug-likeness (QED) is 0.579. The lowest BCUT2D eigenvalue weighted by molar-refractivity contribution is -0.118. The fourth-order valence-electron chi connectivity index (χ4n) is 2.02. The van der Waals surface area contributed by atoms with E-state index in [4.69, 9.17) is 0 Å². The molecule has 0 N–H and O–H groups in total. The molecule has 4 heteroatoms. The Hall–Kier alpha value is 0.0400. The summed E-state index contributed by atoms with van der Waals surface area (Å²) in [7, 11) is 0. The number of ketones is 2. The number of Topliss-reactive ketones (excluding diaryl/α,β-unsaturated/α-hetero) is 2. The Balaban J connectivity index is 4.07. The Morgan fingerprint density at radius 3 is 2.11 bits per heavy atom. The van der Waals surface area contributed by atoms with E-state index in [1.54, 1.807) is 23.5 Å². The standard InChI is InChI=1S/C14H26O2S2/c1-5-14(2,9-13(16)11-18-4)8-6-7-12(15)10-17-3/h5-11H2,1-4H3. The minimum atomic E-state index is 0.0758. The van der Waals surface area contributed by atoms with Crippen LogP contribution in [0.4, 0.5) is 0 Å². The molecule has 0 aromatic carbocycles. The number of carbonyl (C=O) groups excluding carboxylic acids is 2. The van der Waals surface area contributed by atoms with Gasteiger partial charge in [-0.25, -0.2) is 0 Å². The van der Waals surface area contributed by atoms with Gasteiger partial charge in [-0.15, -0.1) is 0 Å². The van der Waals surface area contributed by atoms with Crippen LogP contribution in [-0.4, -0.2) is 35.6 Å². The average molecular weight is 290 g/mol. The Bertz CT molecular complexity index is 267.